The van der Waals surface area contributed by atoms with Crippen LogP contribution < -0.4 is 4.74 Å². The normalized spacial score (nSPS) is 20.0. The third kappa shape index (κ3) is 3.83. The van der Waals surface area contributed by atoms with E-state index in [0.29, 0.717) is 25.2 Å². The molecule has 126 valence electrons. The highest BCUT2D eigenvalue weighted by Gasteiger charge is 2.36. The third-order valence-electron chi connectivity index (χ3n) is 4.42. The van der Waals surface area contributed by atoms with E-state index in [1.807, 2.05) is 18.2 Å². The molecule has 3 rings (SSSR count). The number of halogens is 1. The minimum absolute atomic E-state index is 0.115. The summed E-state index contributed by atoms with van der Waals surface area (Å²) in [7, 11) is 1.52. The predicted octanol–water partition coefficient (Wildman–Crippen LogP) is 3.58. The molecule has 0 aromatic heterocycles. The Bertz CT molecular complexity index is 727. The fourth-order valence-corrected chi connectivity index (χ4v) is 3.46. The van der Waals surface area contributed by atoms with Gasteiger partial charge in [-0.25, -0.2) is 0 Å². The molecule has 1 aliphatic heterocycles. The molecule has 0 aliphatic carbocycles. The number of cyclic esters (lactones) is 1. The molecule has 0 unspecified atom stereocenters. The lowest BCUT2D eigenvalue weighted by molar-refractivity contribution is -0.141. The molecule has 1 fully saturated rings. The summed E-state index contributed by atoms with van der Waals surface area (Å²) in [6.45, 7) is 0.431. The number of esters is 1. The van der Waals surface area contributed by atoms with E-state index in [1.54, 1.807) is 12.1 Å². The first-order chi connectivity index (χ1) is 11.6. The maximum absolute atomic E-state index is 12.1. The van der Waals surface area contributed by atoms with Gasteiger partial charge in [0, 0.05) is 9.49 Å². The van der Waals surface area contributed by atoms with Crippen LogP contribution in [0.4, 0.5) is 0 Å². The van der Waals surface area contributed by atoms with Crippen LogP contribution in [0.1, 0.15) is 11.1 Å². The van der Waals surface area contributed by atoms with Crippen molar-refractivity contribution in [2.45, 2.75) is 12.8 Å². The van der Waals surface area contributed by atoms with E-state index in [9.17, 15) is 9.90 Å². The molecule has 2 aromatic rings. The molecule has 2 aromatic carbocycles. The van der Waals surface area contributed by atoms with Gasteiger partial charge in [-0.1, -0.05) is 18.2 Å². The van der Waals surface area contributed by atoms with Gasteiger partial charge in [-0.3, -0.25) is 4.79 Å². The molecule has 1 N–H and O–H groups in total. The fraction of sp³-hybridized carbons (Fsp3) is 0.316. The number of carbonyl (C=O) groups excluding carboxylic acids is 1. The maximum atomic E-state index is 12.1. The van der Waals surface area contributed by atoms with E-state index in [-0.39, 0.29) is 23.6 Å². The van der Waals surface area contributed by atoms with Crippen molar-refractivity contribution in [2.75, 3.05) is 13.7 Å². The number of hydrogen-bond acceptors (Lipinski definition) is 4. The quantitative estimate of drug-likeness (QED) is 0.573. The first-order valence-corrected chi connectivity index (χ1v) is 8.91. The first kappa shape index (κ1) is 17.1. The van der Waals surface area contributed by atoms with Crippen molar-refractivity contribution in [1.82, 2.24) is 0 Å². The molecule has 1 heterocycles. The smallest absolute Gasteiger partial charge is 0.309 e. The zero-order valence-corrected chi connectivity index (χ0v) is 15.5. The molecule has 5 heteroatoms. The Morgan fingerprint density at radius 1 is 1.17 bits per heavy atom. The molecular weight excluding hydrogens is 419 g/mol. The molecule has 0 spiro atoms. The lowest BCUT2D eigenvalue weighted by atomic mass is 9.85. The zero-order chi connectivity index (χ0) is 17.1. The van der Waals surface area contributed by atoms with Crippen molar-refractivity contribution >= 4 is 28.6 Å². The van der Waals surface area contributed by atoms with Crippen molar-refractivity contribution in [2.24, 2.45) is 11.8 Å². The maximum Gasteiger partial charge on any atom is 0.309 e. The van der Waals surface area contributed by atoms with Gasteiger partial charge < -0.3 is 14.6 Å². The second-order valence-electron chi connectivity index (χ2n) is 6.04. The monoisotopic (exact) mass is 438 g/mol. The average Bonchev–Trinajstić information content (AvgIpc) is 2.90. The summed E-state index contributed by atoms with van der Waals surface area (Å²) in [4.78, 5) is 12.1. The van der Waals surface area contributed by atoms with Crippen LogP contribution >= 0.6 is 22.6 Å². The van der Waals surface area contributed by atoms with Crippen molar-refractivity contribution in [3.63, 3.8) is 0 Å². The SMILES string of the molecule is COc1ccc(C[C@H]2COC(=O)[C@@H]2Cc2ccc(I)cc2)cc1O. The van der Waals surface area contributed by atoms with Crippen LogP contribution in [0.5, 0.6) is 11.5 Å². The summed E-state index contributed by atoms with van der Waals surface area (Å²) >= 11 is 2.27. The minimum Gasteiger partial charge on any atom is -0.504 e. The molecule has 0 bridgehead atoms. The van der Waals surface area contributed by atoms with Gasteiger partial charge in [0.05, 0.1) is 19.6 Å². The standard InChI is InChI=1S/C19H19IO4/c1-23-18-7-4-13(10-17(18)21)8-14-11-24-19(22)16(14)9-12-2-5-15(20)6-3-12/h2-7,10,14,16,21H,8-9,11H2,1H3/t14-,16+/m0/s1. The van der Waals surface area contributed by atoms with Crippen molar-refractivity contribution in [3.05, 3.63) is 57.2 Å². The Kier molecular flexibility index (Phi) is 5.28. The Hall–Kier alpha value is -1.76. The molecule has 2 atom stereocenters. The highest BCUT2D eigenvalue weighted by molar-refractivity contribution is 14.1. The molecule has 24 heavy (non-hydrogen) atoms. The van der Waals surface area contributed by atoms with Crippen molar-refractivity contribution < 1.29 is 19.4 Å². The van der Waals surface area contributed by atoms with Gasteiger partial charge in [-0.2, -0.15) is 0 Å². The number of hydrogen-bond donors (Lipinski definition) is 1. The van der Waals surface area contributed by atoms with Crippen LogP contribution in [-0.2, 0) is 22.4 Å². The lowest BCUT2D eigenvalue weighted by Crippen LogP contribution is -2.20. The Morgan fingerprint density at radius 3 is 2.54 bits per heavy atom. The predicted molar refractivity (Wildman–Crippen MR) is 99.2 cm³/mol. The molecule has 1 saturated heterocycles. The van der Waals surface area contributed by atoms with Crippen molar-refractivity contribution in [1.29, 1.82) is 0 Å². The molecule has 0 radical (unpaired) electrons. The second kappa shape index (κ2) is 7.42. The summed E-state index contributed by atoms with van der Waals surface area (Å²) in [5, 5.41) is 9.92. The first-order valence-electron chi connectivity index (χ1n) is 7.84. The zero-order valence-electron chi connectivity index (χ0n) is 13.4. The van der Waals surface area contributed by atoms with Crippen LogP contribution in [0.25, 0.3) is 0 Å². The van der Waals surface area contributed by atoms with Gasteiger partial charge in [0.1, 0.15) is 0 Å². The highest BCUT2D eigenvalue weighted by atomic mass is 127. The number of phenols is 1. The summed E-state index contributed by atoms with van der Waals surface area (Å²) < 4.78 is 11.5. The molecular formula is C19H19IO4. The second-order valence-corrected chi connectivity index (χ2v) is 7.28. The van der Waals surface area contributed by atoms with Crippen LogP contribution in [0.3, 0.4) is 0 Å². The Labute approximate surface area is 154 Å². The summed E-state index contributed by atoms with van der Waals surface area (Å²) in [6, 6.07) is 13.6. The summed E-state index contributed by atoms with van der Waals surface area (Å²) in [6.07, 6.45) is 1.38. The van der Waals surface area contributed by atoms with Gasteiger partial charge in [0.15, 0.2) is 11.5 Å². The summed E-state index contributed by atoms with van der Waals surface area (Å²) in [5.74, 6) is 0.414. The van der Waals surface area contributed by atoms with E-state index >= 15 is 0 Å². The Morgan fingerprint density at radius 2 is 1.88 bits per heavy atom. The third-order valence-corrected chi connectivity index (χ3v) is 5.14. The number of benzene rings is 2. The topological polar surface area (TPSA) is 55.8 Å². The van der Waals surface area contributed by atoms with E-state index in [1.165, 1.54) is 10.7 Å². The number of methoxy groups -OCH3 is 1. The average molecular weight is 438 g/mol. The molecule has 0 amide bonds. The van der Waals surface area contributed by atoms with Crippen LogP contribution in [0, 0.1) is 15.4 Å². The van der Waals surface area contributed by atoms with Crippen LogP contribution in [0.2, 0.25) is 0 Å². The van der Waals surface area contributed by atoms with Crippen LogP contribution in [-0.4, -0.2) is 24.8 Å². The van der Waals surface area contributed by atoms with E-state index in [2.05, 4.69) is 34.7 Å². The van der Waals surface area contributed by atoms with Gasteiger partial charge >= 0.3 is 5.97 Å². The minimum atomic E-state index is -0.144. The van der Waals surface area contributed by atoms with Gasteiger partial charge in [-0.15, -0.1) is 0 Å². The number of phenolic OH excluding ortho intramolecular Hbond substituents is 1. The van der Waals surface area contributed by atoms with Crippen molar-refractivity contribution in [3.8, 4) is 11.5 Å². The van der Waals surface area contributed by atoms with E-state index < -0.39 is 0 Å². The Balaban J connectivity index is 1.73. The molecule has 4 nitrogen and oxygen atoms in total. The number of carbonyl (C=O) groups is 1. The van der Waals surface area contributed by atoms with E-state index in [0.717, 1.165) is 11.1 Å². The largest absolute Gasteiger partial charge is 0.504 e. The fourth-order valence-electron chi connectivity index (χ4n) is 3.10. The lowest BCUT2D eigenvalue weighted by Gasteiger charge is -2.16. The highest BCUT2D eigenvalue weighted by Crippen LogP contribution is 2.32. The van der Waals surface area contributed by atoms with Gasteiger partial charge in [0.2, 0.25) is 0 Å². The summed E-state index contributed by atoms with van der Waals surface area (Å²) in [5.41, 5.74) is 2.12. The number of rotatable bonds is 5. The number of aromatic hydroxyl groups is 1. The number of ether oxygens (including phenoxy) is 2. The van der Waals surface area contributed by atoms with Crippen LogP contribution in [0.15, 0.2) is 42.5 Å². The molecule has 1 aliphatic rings. The van der Waals surface area contributed by atoms with Gasteiger partial charge in [-0.05, 0) is 70.8 Å². The molecule has 0 saturated carbocycles. The van der Waals surface area contributed by atoms with E-state index in [4.69, 9.17) is 9.47 Å². The van der Waals surface area contributed by atoms with Gasteiger partial charge in [0.25, 0.3) is 0 Å².